The third kappa shape index (κ3) is 5.33. The van der Waals surface area contributed by atoms with Crippen molar-refractivity contribution < 1.29 is 18.1 Å². The van der Waals surface area contributed by atoms with Gasteiger partial charge in [0, 0.05) is 25.7 Å². The van der Waals surface area contributed by atoms with Crippen LogP contribution in [0.2, 0.25) is 0 Å². The van der Waals surface area contributed by atoms with Crippen LogP contribution in [0, 0.1) is 10.1 Å². The number of nitro benzene ring substituents is 1. The van der Waals surface area contributed by atoms with E-state index in [1.165, 1.54) is 16.4 Å². The molecule has 10 heteroatoms. The van der Waals surface area contributed by atoms with Crippen molar-refractivity contribution >= 4 is 27.3 Å². The molecular formula is C20H24N4O5S. The van der Waals surface area contributed by atoms with Gasteiger partial charge in [-0.1, -0.05) is 36.8 Å². The van der Waals surface area contributed by atoms with Gasteiger partial charge in [0.2, 0.25) is 15.9 Å². The molecule has 0 unspecified atom stereocenters. The van der Waals surface area contributed by atoms with E-state index in [1.807, 2.05) is 30.3 Å². The molecule has 3 rings (SSSR count). The fraction of sp³-hybridized carbons (Fsp3) is 0.350. The maximum Gasteiger partial charge on any atom is 0.293 e. The Morgan fingerprint density at radius 3 is 2.43 bits per heavy atom. The van der Waals surface area contributed by atoms with Crippen LogP contribution < -0.4 is 10.6 Å². The number of benzene rings is 2. The molecule has 1 heterocycles. The molecule has 1 saturated heterocycles. The molecule has 2 N–H and O–H groups in total. The number of nitrogens with one attached hydrogen (secondary N) is 2. The number of carbonyl (C=O) groups is 1. The van der Waals surface area contributed by atoms with Gasteiger partial charge in [-0.25, -0.2) is 8.42 Å². The predicted molar refractivity (Wildman–Crippen MR) is 112 cm³/mol. The van der Waals surface area contributed by atoms with Crippen molar-refractivity contribution in [2.75, 3.05) is 25.0 Å². The summed E-state index contributed by atoms with van der Waals surface area (Å²) in [4.78, 5) is 22.8. The molecule has 30 heavy (non-hydrogen) atoms. The molecule has 0 atom stereocenters. The predicted octanol–water partition coefficient (Wildman–Crippen LogP) is 2.50. The van der Waals surface area contributed by atoms with Gasteiger partial charge in [0.15, 0.2) is 0 Å². The normalized spacial score (nSPS) is 14.8. The number of hydrogen-bond donors (Lipinski definition) is 2. The van der Waals surface area contributed by atoms with E-state index in [2.05, 4.69) is 10.6 Å². The molecule has 1 fully saturated rings. The molecule has 1 aliphatic rings. The van der Waals surface area contributed by atoms with Crippen molar-refractivity contribution in [2.45, 2.75) is 30.7 Å². The van der Waals surface area contributed by atoms with Crippen molar-refractivity contribution in [1.29, 1.82) is 0 Å². The van der Waals surface area contributed by atoms with Gasteiger partial charge in [-0.3, -0.25) is 14.9 Å². The van der Waals surface area contributed by atoms with Crippen LogP contribution in [0.5, 0.6) is 0 Å². The molecule has 1 amide bonds. The lowest BCUT2D eigenvalue weighted by atomic mass is 10.2. The molecule has 9 nitrogen and oxygen atoms in total. The molecule has 0 radical (unpaired) electrons. The largest absolute Gasteiger partial charge is 0.371 e. The van der Waals surface area contributed by atoms with Crippen molar-refractivity contribution in [3.05, 3.63) is 64.2 Å². The van der Waals surface area contributed by atoms with Gasteiger partial charge < -0.3 is 10.6 Å². The van der Waals surface area contributed by atoms with E-state index in [-0.39, 0.29) is 28.7 Å². The molecule has 0 bridgehead atoms. The lowest BCUT2D eigenvalue weighted by Crippen LogP contribution is -2.35. The Balaban J connectivity index is 1.68. The fourth-order valence-electron chi connectivity index (χ4n) is 3.26. The van der Waals surface area contributed by atoms with Gasteiger partial charge in [0.05, 0.1) is 16.4 Å². The second kappa shape index (κ2) is 9.68. The number of rotatable bonds is 8. The van der Waals surface area contributed by atoms with Gasteiger partial charge in [-0.05, 0) is 30.5 Å². The molecule has 2 aromatic carbocycles. The molecule has 0 aliphatic carbocycles. The van der Waals surface area contributed by atoms with Crippen molar-refractivity contribution in [3.63, 3.8) is 0 Å². The Labute approximate surface area is 175 Å². The van der Waals surface area contributed by atoms with Crippen LogP contribution in [-0.2, 0) is 21.4 Å². The molecule has 0 saturated carbocycles. The molecule has 0 aromatic heterocycles. The highest BCUT2D eigenvalue weighted by Gasteiger charge is 2.28. The van der Waals surface area contributed by atoms with E-state index in [0.717, 1.165) is 30.9 Å². The summed E-state index contributed by atoms with van der Waals surface area (Å²) in [6, 6.07) is 13.1. The van der Waals surface area contributed by atoms with E-state index in [4.69, 9.17) is 0 Å². The third-order valence-corrected chi connectivity index (χ3v) is 6.79. The fourth-order valence-corrected chi connectivity index (χ4v) is 4.80. The van der Waals surface area contributed by atoms with Crippen molar-refractivity contribution in [1.82, 2.24) is 9.62 Å². The van der Waals surface area contributed by atoms with Crippen molar-refractivity contribution in [2.24, 2.45) is 0 Å². The smallest absolute Gasteiger partial charge is 0.293 e. The Morgan fingerprint density at radius 1 is 1.07 bits per heavy atom. The summed E-state index contributed by atoms with van der Waals surface area (Å²) < 4.78 is 26.9. The first kappa shape index (κ1) is 21.7. The van der Waals surface area contributed by atoms with Crippen LogP contribution in [0.4, 0.5) is 11.4 Å². The van der Waals surface area contributed by atoms with E-state index in [9.17, 15) is 23.3 Å². The minimum atomic E-state index is -3.78. The number of nitrogens with zero attached hydrogens (tertiary/aromatic N) is 2. The SMILES string of the molecule is O=C(CNc1ccc(S(=O)(=O)N2CCCCC2)cc1[N+](=O)[O-])NCc1ccccc1. The lowest BCUT2D eigenvalue weighted by Gasteiger charge is -2.25. The molecule has 1 aliphatic heterocycles. The number of piperidine rings is 1. The first-order valence-electron chi connectivity index (χ1n) is 9.71. The van der Waals surface area contributed by atoms with Crippen LogP contribution in [0.1, 0.15) is 24.8 Å². The zero-order valence-corrected chi connectivity index (χ0v) is 17.2. The Hall–Kier alpha value is -2.98. The van der Waals surface area contributed by atoms with E-state index in [1.54, 1.807) is 0 Å². The van der Waals surface area contributed by atoms with E-state index in [0.29, 0.717) is 19.6 Å². The van der Waals surface area contributed by atoms with Crippen LogP contribution >= 0.6 is 0 Å². The zero-order chi connectivity index (χ0) is 21.6. The van der Waals surface area contributed by atoms with Gasteiger partial charge in [0.25, 0.3) is 5.69 Å². The number of carbonyl (C=O) groups excluding carboxylic acids is 1. The second-order valence-corrected chi connectivity index (χ2v) is 8.95. The lowest BCUT2D eigenvalue weighted by molar-refractivity contribution is -0.384. The average Bonchev–Trinajstić information content (AvgIpc) is 2.77. The standard InChI is InChI=1S/C20H24N4O5S/c25-20(22-14-16-7-3-1-4-8-16)15-21-18-10-9-17(13-19(18)24(26)27)30(28,29)23-11-5-2-6-12-23/h1,3-4,7-10,13,21H,2,5-6,11-12,14-15H2,(H,22,25). The zero-order valence-electron chi connectivity index (χ0n) is 16.4. The molecule has 160 valence electrons. The molecular weight excluding hydrogens is 408 g/mol. The first-order chi connectivity index (χ1) is 14.4. The summed E-state index contributed by atoms with van der Waals surface area (Å²) in [5.41, 5.74) is 0.639. The van der Waals surface area contributed by atoms with Crippen LogP contribution in [0.25, 0.3) is 0 Å². The summed E-state index contributed by atoms with van der Waals surface area (Å²) in [5.74, 6) is -0.335. The monoisotopic (exact) mass is 432 g/mol. The second-order valence-electron chi connectivity index (χ2n) is 7.02. The van der Waals surface area contributed by atoms with E-state index >= 15 is 0 Å². The van der Waals surface area contributed by atoms with Crippen LogP contribution in [0.15, 0.2) is 53.4 Å². The van der Waals surface area contributed by atoms with Crippen LogP contribution in [-0.4, -0.2) is 43.2 Å². The number of anilines is 1. The minimum absolute atomic E-state index is 0.0902. The Morgan fingerprint density at radius 2 is 1.77 bits per heavy atom. The number of hydrogen-bond acceptors (Lipinski definition) is 6. The third-order valence-electron chi connectivity index (χ3n) is 4.89. The highest BCUT2D eigenvalue weighted by atomic mass is 32.2. The highest BCUT2D eigenvalue weighted by molar-refractivity contribution is 7.89. The molecule has 2 aromatic rings. The first-order valence-corrected chi connectivity index (χ1v) is 11.1. The van der Waals surface area contributed by atoms with Crippen LogP contribution in [0.3, 0.4) is 0 Å². The number of sulfonamides is 1. The van der Waals surface area contributed by atoms with Gasteiger partial charge >= 0.3 is 0 Å². The van der Waals surface area contributed by atoms with Gasteiger partial charge in [-0.2, -0.15) is 4.31 Å². The summed E-state index contributed by atoms with van der Waals surface area (Å²) in [7, 11) is -3.78. The van der Waals surface area contributed by atoms with Gasteiger partial charge in [0.1, 0.15) is 5.69 Å². The summed E-state index contributed by atoms with van der Waals surface area (Å²) in [6.45, 7) is 0.998. The number of amides is 1. The number of nitro groups is 1. The maximum absolute atomic E-state index is 12.8. The van der Waals surface area contributed by atoms with Crippen molar-refractivity contribution in [3.8, 4) is 0 Å². The molecule has 0 spiro atoms. The topological polar surface area (TPSA) is 122 Å². The average molecular weight is 433 g/mol. The Kier molecular flexibility index (Phi) is 7.01. The van der Waals surface area contributed by atoms with Gasteiger partial charge in [-0.15, -0.1) is 0 Å². The summed E-state index contributed by atoms with van der Waals surface area (Å²) in [5, 5.41) is 16.9. The van der Waals surface area contributed by atoms with E-state index < -0.39 is 14.9 Å². The summed E-state index contributed by atoms with van der Waals surface area (Å²) >= 11 is 0. The minimum Gasteiger partial charge on any atom is -0.371 e. The quantitative estimate of drug-likeness (QED) is 0.488. The summed E-state index contributed by atoms with van der Waals surface area (Å²) in [6.07, 6.45) is 2.53. The maximum atomic E-state index is 12.8. The Bertz CT molecular complexity index is 1010. The highest BCUT2D eigenvalue weighted by Crippen LogP contribution is 2.29.